The molecule has 29 heavy (non-hydrogen) atoms. The van der Waals surface area contributed by atoms with Crippen molar-refractivity contribution in [2.75, 3.05) is 6.61 Å². The Bertz CT molecular complexity index is 928. The van der Waals surface area contributed by atoms with E-state index in [0.717, 1.165) is 27.4 Å². The molecule has 1 aromatic heterocycles. The van der Waals surface area contributed by atoms with E-state index in [-0.39, 0.29) is 17.8 Å². The molecular formula is C23H28N2O3S. The number of nitrogens with two attached hydrogens (primary N) is 1. The third-order valence-corrected chi connectivity index (χ3v) is 5.23. The maximum Gasteiger partial charge on any atom is 0.333 e. The molecule has 0 saturated heterocycles. The number of ether oxygens (including phenoxy) is 1. The number of allylic oxidation sites excluding steroid dienone is 3. The van der Waals surface area contributed by atoms with Gasteiger partial charge in [0.2, 0.25) is 0 Å². The Balaban J connectivity index is 2.09. The van der Waals surface area contributed by atoms with Crippen LogP contribution in [0.4, 0.5) is 0 Å². The van der Waals surface area contributed by atoms with Crippen LogP contribution in [0.3, 0.4) is 0 Å². The Morgan fingerprint density at radius 3 is 2.86 bits per heavy atom. The molecule has 1 atom stereocenters. The minimum Gasteiger partial charge on any atom is -0.508 e. The van der Waals surface area contributed by atoms with Crippen molar-refractivity contribution in [2.45, 2.75) is 39.7 Å². The van der Waals surface area contributed by atoms with Crippen LogP contribution in [0.1, 0.15) is 48.6 Å². The first-order valence-corrected chi connectivity index (χ1v) is 10.4. The van der Waals surface area contributed by atoms with E-state index in [2.05, 4.69) is 11.6 Å². The second-order valence-corrected chi connectivity index (χ2v) is 7.70. The van der Waals surface area contributed by atoms with Gasteiger partial charge in [0.05, 0.1) is 18.3 Å². The average molecular weight is 413 g/mol. The maximum atomic E-state index is 11.7. The highest BCUT2D eigenvalue weighted by Crippen LogP contribution is 2.25. The normalized spacial score (nSPS) is 13.2. The van der Waals surface area contributed by atoms with E-state index in [1.807, 2.05) is 30.5 Å². The number of hydrogen-bond acceptors (Lipinski definition) is 6. The summed E-state index contributed by atoms with van der Waals surface area (Å²) >= 11 is 1.51. The van der Waals surface area contributed by atoms with Gasteiger partial charge in [-0.2, -0.15) is 0 Å². The number of hydrogen-bond donors (Lipinski definition) is 2. The first-order chi connectivity index (χ1) is 13.8. The summed E-state index contributed by atoms with van der Waals surface area (Å²) in [5.41, 5.74) is 10.5. The number of aromatic nitrogens is 1. The van der Waals surface area contributed by atoms with E-state index >= 15 is 0 Å². The van der Waals surface area contributed by atoms with E-state index in [4.69, 9.17) is 10.5 Å². The summed E-state index contributed by atoms with van der Waals surface area (Å²) in [6, 6.07) is 5.29. The summed E-state index contributed by atoms with van der Waals surface area (Å²) in [5, 5.41) is 12.7. The van der Waals surface area contributed by atoms with Crippen molar-refractivity contribution in [1.82, 2.24) is 4.98 Å². The number of phenolic OH excluding ortho intramolecular Hbond substituents is 1. The largest absolute Gasteiger partial charge is 0.508 e. The molecule has 1 aromatic carbocycles. The van der Waals surface area contributed by atoms with Crippen LogP contribution in [0.5, 0.6) is 5.75 Å². The molecule has 0 bridgehead atoms. The van der Waals surface area contributed by atoms with E-state index < -0.39 is 0 Å². The molecule has 5 nitrogen and oxygen atoms in total. The van der Waals surface area contributed by atoms with Gasteiger partial charge in [0.1, 0.15) is 10.8 Å². The zero-order valence-electron chi connectivity index (χ0n) is 17.1. The quantitative estimate of drug-likeness (QED) is 0.269. The van der Waals surface area contributed by atoms with Gasteiger partial charge < -0.3 is 15.6 Å². The van der Waals surface area contributed by atoms with Crippen LogP contribution in [0.2, 0.25) is 0 Å². The highest BCUT2D eigenvalue weighted by molar-refractivity contribution is 7.09. The molecule has 0 aliphatic heterocycles. The second kappa shape index (κ2) is 10.7. The molecule has 0 aliphatic carbocycles. The first kappa shape index (κ1) is 22.6. The first-order valence-electron chi connectivity index (χ1n) is 9.50. The summed E-state index contributed by atoms with van der Waals surface area (Å²) in [6.07, 6.45) is 6.70. The monoisotopic (exact) mass is 412 g/mol. The summed E-state index contributed by atoms with van der Waals surface area (Å²) in [6.45, 7) is 9.51. The van der Waals surface area contributed by atoms with Crippen molar-refractivity contribution < 1.29 is 14.6 Å². The topological polar surface area (TPSA) is 85.4 Å². The Morgan fingerprint density at radius 1 is 1.41 bits per heavy atom. The van der Waals surface area contributed by atoms with Crippen LogP contribution in [0, 0.1) is 0 Å². The highest BCUT2D eigenvalue weighted by atomic mass is 32.1. The van der Waals surface area contributed by atoms with Gasteiger partial charge in [0.25, 0.3) is 0 Å². The predicted octanol–water partition coefficient (Wildman–Crippen LogP) is 4.73. The number of nitrogens with zero attached hydrogens (tertiary/aromatic N) is 1. The number of aromatic hydroxyl groups is 1. The Hall–Kier alpha value is -2.70. The van der Waals surface area contributed by atoms with Crippen LogP contribution in [-0.4, -0.2) is 22.7 Å². The smallest absolute Gasteiger partial charge is 0.333 e. The van der Waals surface area contributed by atoms with Gasteiger partial charge in [0, 0.05) is 11.0 Å². The lowest BCUT2D eigenvalue weighted by molar-refractivity contribution is -0.138. The van der Waals surface area contributed by atoms with Gasteiger partial charge in [-0.3, -0.25) is 0 Å². The minimum absolute atomic E-state index is 0.236. The summed E-state index contributed by atoms with van der Waals surface area (Å²) in [7, 11) is 0. The van der Waals surface area contributed by atoms with Gasteiger partial charge in [-0.05, 0) is 68.5 Å². The summed E-state index contributed by atoms with van der Waals surface area (Å²) in [5.74, 6) is -0.0449. The number of rotatable bonds is 9. The Morgan fingerprint density at radius 2 is 2.17 bits per heavy atom. The summed E-state index contributed by atoms with van der Waals surface area (Å²) in [4.78, 5) is 16.3. The van der Waals surface area contributed by atoms with Gasteiger partial charge in [-0.1, -0.05) is 18.2 Å². The SMILES string of the molecule is C=CCc1cc(CC(N)c2nc(/C=C(C)/C=C(/C)C(=O)OCC)cs2)ccc1O. The number of carbonyl (C=O) groups excluding carboxylic acids is 1. The molecule has 0 fully saturated rings. The third-order valence-electron chi connectivity index (χ3n) is 4.24. The lowest BCUT2D eigenvalue weighted by atomic mass is 10.0. The molecular weight excluding hydrogens is 384 g/mol. The second-order valence-electron chi connectivity index (χ2n) is 6.81. The maximum absolute atomic E-state index is 11.7. The van der Waals surface area contributed by atoms with Crippen LogP contribution >= 0.6 is 11.3 Å². The van der Waals surface area contributed by atoms with Gasteiger partial charge >= 0.3 is 5.97 Å². The van der Waals surface area contributed by atoms with E-state index in [1.54, 1.807) is 32.1 Å². The van der Waals surface area contributed by atoms with Gasteiger partial charge in [-0.25, -0.2) is 9.78 Å². The molecule has 2 rings (SSSR count). The Kier molecular flexibility index (Phi) is 8.36. The fourth-order valence-electron chi connectivity index (χ4n) is 2.88. The molecule has 3 N–H and O–H groups in total. The van der Waals surface area contributed by atoms with Gasteiger partial charge in [0.15, 0.2) is 0 Å². The molecule has 0 amide bonds. The average Bonchev–Trinajstić information content (AvgIpc) is 3.13. The lowest BCUT2D eigenvalue weighted by Gasteiger charge is -2.10. The molecule has 1 heterocycles. The van der Waals surface area contributed by atoms with Gasteiger partial charge in [-0.15, -0.1) is 17.9 Å². The van der Waals surface area contributed by atoms with E-state index in [0.29, 0.717) is 25.0 Å². The molecule has 154 valence electrons. The fourth-order valence-corrected chi connectivity index (χ4v) is 3.66. The molecule has 0 aliphatic rings. The number of benzene rings is 1. The van der Waals surface area contributed by atoms with Crippen molar-refractivity contribution in [1.29, 1.82) is 0 Å². The van der Waals surface area contributed by atoms with Crippen LogP contribution < -0.4 is 5.73 Å². The third kappa shape index (κ3) is 6.69. The molecule has 1 unspecified atom stereocenters. The van der Waals surface area contributed by atoms with E-state index in [9.17, 15) is 9.90 Å². The van der Waals surface area contributed by atoms with Crippen molar-refractivity contribution in [3.05, 3.63) is 75.3 Å². The Labute approximate surface area is 176 Å². The number of phenols is 1. The van der Waals surface area contributed by atoms with Crippen LogP contribution in [0.25, 0.3) is 6.08 Å². The lowest BCUT2D eigenvalue weighted by Crippen LogP contribution is -2.13. The molecule has 0 saturated carbocycles. The van der Waals surface area contributed by atoms with Crippen molar-refractivity contribution >= 4 is 23.4 Å². The van der Waals surface area contributed by atoms with Crippen molar-refractivity contribution in [3.63, 3.8) is 0 Å². The fraction of sp³-hybridized carbons (Fsp3) is 0.304. The molecule has 0 spiro atoms. The zero-order valence-corrected chi connectivity index (χ0v) is 18.0. The van der Waals surface area contributed by atoms with Crippen molar-refractivity contribution in [3.8, 4) is 5.75 Å². The minimum atomic E-state index is -0.314. The number of carbonyl (C=O) groups is 1. The van der Waals surface area contributed by atoms with Crippen LogP contribution in [-0.2, 0) is 22.4 Å². The number of thiazole rings is 1. The zero-order chi connectivity index (χ0) is 21.4. The summed E-state index contributed by atoms with van der Waals surface area (Å²) < 4.78 is 4.99. The van der Waals surface area contributed by atoms with Crippen LogP contribution in [0.15, 0.2) is 53.5 Å². The highest BCUT2D eigenvalue weighted by Gasteiger charge is 2.13. The van der Waals surface area contributed by atoms with E-state index in [1.165, 1.54) is 11.3 Å². The van der Waals surface area contributed by atoms with Crippen molar-refractivity contribution in [2.24, 2.45) is 5.73 Å². The molecule has 0 radical (unpaired) electrons. The number of esters is 1. The molecule has 6 heteroatoms. The molecule has 2 aromatic rings. The predicted molar refractivity (Wildman–Crippen MR) is 119 cm³/mol. The standard InChI is InChI=1S/C23H28N2O3S/c1-5-7-18-12-17(8-9-21(18)26)13-20(24)22-25-19(14-29-22)11-15(3)10-16(4)23(27)28-6-2/h5,8-12,14,20,26H,1,6-7,13,24H2,2-4H3/b15-11+,16-10-.